The number of carboxylic acids is 1. The van der Waals surface area contributed by atoms with Gasteiger partial charge in [0.05, 0.1) is 5.56 Å². The largest absolute Gasteiger partial charge is 0.478 e. The zero-order chi connectivity index (χ0) is 25.4. The molecule has 5 rings (SSSR count). The second-order valence-electron chi connectivity index (χ2n) is 12.0. The van der Waals surface area contributed by atoms with E-state index in [0.717, 1.165) is 31.9 Å². The molecular weight excluding hydrogens is 446 g/mol. The van der Waals surface area contributed by atoms with Crippen LogP contribution in [0.2, 0.25) is 0 Å². The Balaban J connectivity index is 1.26. The van der Waals surface area contributed by atoms with E-state index in [9.17, 15) is 9.90 Å². The third-order valence-corrected chi connectivity index (χ3v) is 9.27. The van der Waals surface area contributed by atoms with Crippen LogP contribution in [0.15, 0.2) is 48.5 Å². The number of piperazine rings is 1. The third kappa shape index (κ3) is 4.92. The molecule has 5 nitrogen and oxygen atoms in total. The summed E-state index contributed by atoms with van der Waals surface area (Å²) in [6, 6.07) is 18.3. The molecule has 1 spiro atoms. The summed E-state index contributed by atoms with van der Waals surface area (Å²) in [6.07, 6.45) is 5.12. The maximum atomic E-state index is 11.2. The smallest absolute Gasteiger partial charge is 0.335 e. The Bertz CT molecular complexity index is 1050. The summed E-state index contributed by atoms with van der Waals surface area (Å²) in [6.45, 7) is 14.9. The van der Waals surface area contributed by atoms with E-state index in [4.69, 9.17) is 0 Å². The number of carboxylic acid groups (broad SMARTS) is 1. The Morgan fingerprint density at radius 1 is 0.917 bits per heavy atom. The van der Waals surface area contributed by atoms with Crippen LogP contribution in [0.1, 0.15) is 86.8 Å². The Morgan fingerprint density at radius 2 is 1.58 bits per heavy atom. The van der Waals surface area contributed by atoms with E-state index in [1.54, 1.807) is 17.7 Å². The lowest BCUT2D eigenvalue weighted by Crippen LogP contribution is -2.60. The molecule has 3 fully saturated rings. The predicted octanol–water partition coefficient (Wildman–Crippen LogP) is 6.02. The van der Waals surface area contributed by atoms with Gasteiger partial charge in [-0.25, -0.2) is 4.79 Å². The first-order valence-corrected chi connectivity index (χ1v) is 13.9. The van der Waals surface area contributed by atoms with Gasteiger partial charge in [-0.1, -0.05) is 38.1 Å². The van der Waals surface area contributed by atoms with Crippen molar-refractivity contribution in [1.29, 1.82) is 0 Å². The number of piperidine rings is 1. The highest BCUT2D eigenvalue weighted by atomic mass is 16.4. The van der Waals surface area contributed by atoms with Crippen LogP contribution in [-0.2, 0) is 0 Å². The lowest BCUT2D eigenvalue weighted by molar-refractivity contribution is -0.0656. The molecule has 0 amide bonds. The molecule has 3 aliphatic rings. The third-order valence-electron chi connectivity index (χ3n) is 9.27. The summed E-state index contributed by atoms with van der Waals surface area (Å²) in [5, 5.41) is 9.18. The van der Waals surface area contributed by atoms with Gasteiger partial charge >= 0.3 is 5.97 Å². The van der Waals surface area contributed by atoms with E-state index in [2.05, 4.69) is 66.7 Å². The van der Waals surface area contributed by atoms with E-state index < -0.39 is 5.97 Å². The first-order valence-electron chi connectivity index (χ1n) is 13.9. The highest BCUT2D eigenvalue weighted by Crippen LogP contribution is 2.53. The maximum absolute atomic E-state index is 11.2. The standard InChI is InChI=1S/C31H43N3O2/c1-22(2)27-7-5-6-8-28(27)29-21-33(23(3)4)17-18-34(29)26-19-31(20-26)13-15-32(16-14-31)25-11-9-24(10-12-25)30(35)36/h5-12,22-23,26,29H,13-21H2,1-4H3,(H,35,36). The van der Waals surface area contributed by atoms with Gasteiger partial charge in [-0.15, -0.1) is 0 Å². The van der Waals surface area contributed by atoms with Crippen molar-refractivity contribution in [2.75, 3.05) is 37.6 Å². The average Bonchev–Trinajstić information content (AvgIpc) is 2.87. The summed E-state index contributed by atoms with van der Waals surface area (Å²) in [5.41, 5.74) is 5.05. The molecule has 0 aromatic heterocycles. The molecule has 0 bridgehead atoms. The molecule has 2 saturated heterocycles. The van der Waals surface area contributed by atoms with Crippen LogP contribution >= 0.6 is 0 Å². The van der Waals surface area contributed by atoms with Crippen molar-refractivity contribution in [2.24, 2.45) is 5.41 Å². The highest BCUT2D eigenvalue weighted by Gasteiger charge is 2.50. The van der Waals surface area contributed by atoms with Gasteiger partial charge in [0.1, 0.15) is 0 Å². The van der Waals surface area contributed by atoms with Crippen molar-refractivity contribution >= 4 is 11.7 Å². The van der Waals surface area contributed by atoms with Gasteiger partial charge in [0.2, 0.25) is 0 Å². The Labute approximate surface area is 217 Å². The number of aromatic carboxylic acids is 1. The normalized spacial score (nSPS) is 23.4. The minimum Gasteiger partial charge on any atom is -0.478 e. The summed E-state index contributed by atoms with van der Waals surface area (Å²) in [5.74, 6) is -0.317. The monoisotopic (exact) mass is 489 g/mol. The number of benzene rings is 2. The quantitative estimate of drug-likeness (QED) is 0.537. The second kappa shape index (κ2) is 10.2. The van der Waals surface area contributed by atoms with Crippen molar-refractivity contribution in [3.63, 3.8) is 0 Å². The molecule has 36 heavy (non-hydrogen) atoms. The van der Waals surface area contributed by atoms with E-state index in [1.165, 1.54) is 37.8 Å². The van der Waals surface area contributed by atoms with Crippen LogP contribution in [0.3, 0.4) is 0 Å². The summed E-state index contributed by atoms with van der Waals surface area (Å²) in [7, 11) is 0. The molecule has 1 N–H and O–H groups in total. The SMILES string of the molecule is CC(C)c1ccccc1C1CN(C(C)C)CCN1C1CC2(CCN(c3ccc(C(=O)O)cc3)CC2)C1. The van der Waals surface area contributed by atoms with E-state index in [0.29, 0.717) is 35.0 Å². The van der Waals surface area contributed by atoms with Crippen LogP contribution in [0.4, 0.5) is 5.69 Å². The first-order chi connectivity index (χ1) is 17.3. The van der Waals surface area contributed by atoms with Gasteiger partial charge in [-0.2, -0.15) is 0 Å². The first kappa shape index (κ1) is 25.3. The van der Waals surface area contributed by atoms with Gasteiger partial charge in [0.15, 0.2) is 0 Å². The van der Waals surface area contributed by atoms with Gasteiger partial charge in [0, 0.05) is 56.5 Å². The number of nitrogens with zero attached hydrogens (tertiary/aromatic N) is 3. The van der Waals surface area contributed by atoms with Gasteiger partial charge in [-0.3, -0.25) is 9.80 Å². The zero-order valence-electron chi connectivity index (χ0n) is 22.5. The summed E-state index contributed by atoms with van der Waals surface area (Å²) in [4.78, 5) is 19.1. The lowest BCUT2D eigenvalue weighted by atomic mass is 9.59. The Kier molecular flexibility index (Phi) is 7.15. The minimum absolute atomic E-state index is 0.361. The van der Waals surface area contributed by atoms with E-state index in [-0.39, 0.29) is 0 Å². The Hall–Kier alpha value is -2.37. The van der Waals surface area contributed by atoms with Crippen molar-refractivity contribution in [1.82, 2.24) is 9.80 Å². The molecule has 2 aliphatic heterocycles. The van der Waals surface area contributed by atoms with Crippen LogP contribution in [0, 0.1) is 5.41 Å². The molecule has 2 aromatic rings. The van der Waals surface area contributed by atoms with Crippen molar-refractivity contribution in [3.8, 4) is 0 Å². The molecule has 194 valence electrons. The van der Waals surface area contributed by atoms with Crippen LogP contribution in [0.5, 0.6) is 0 Å². The Morgan fingerprint density at radius 3 is 2.19 bits per heavy atom. The van der Waals surface area contributed by atoms with Gasteiger partial charge in [-0.05, 0) is 86.3 Å². The van der Waals surface area contributed by atoms with Crippen LogP contribution in [0.25, 0.3) is 0 Å². The number of anilines is 1. The molecule has 1 saturated carbocycles. The number of hydrogen-bond donors (Lipinski definition) is 1. The van der Waals surface area contributed by atoms with E-state index >= 15 is 0 Å². The molecule has 0 radical (unpaired) electrons. The zero-order valence-corrected chi connectivity index (χ0v) is 22.5. The number of rotatable bonds is 6. The minimum atomic E-state index is -0.858. The number of carbonyl (C=O) groups is 1. The molecule has 1 atom stereocenters. The fraction of sp³-hybridized carbons (Fsp3) is 0.581. The molecule has 1 unspecified atom stereocenters. The predicted molar refractivity (Wildman–Crippen MR) is 147 cm³/mol. The van der Waals surface area contributed by atoms with Crippen LogP contribution in [-0.4, -0.2) is 65.7 Å². The fourth-order valence-corrected chi connectivity index (χ4v) is 6.98. The maximum Gasteiger partial charge on any atom is 0.335 e. The summed E-state index contributed by atoms with van der Waals surface area (Å²) >= 11 is 0. The summed E-state index contributed by atoms with van der Waals surface area (Å²) < 4.78 is 0. The van der Waals surface area contributed by atoms with Crippen molar-refractivity contribution < 1.29 is 9.90 Å². The fourth-order valence-electron chi connectivity index (χ4n) is 6.98. The molecule has 2 heterocycles. The lowest BCUT2D eigenvalue weighted by Gasteiger charge is -2.58. The topological polar surface area (TPSA) is 47.0 Å². The van der Waals surface area contributed by atoms with E-state index in [1.807, 2.05) is 12.1 Å². The molecule has 1 aliphatic carbocycles. The van der Waals surface area contributed by atoms with Gasteiger partial charge < -0.3 is 10.0 Å². The van der Waals surface area contributed by atoms with Gasteiger partial charge in [0.25, 0.3) is 0 Å². The molecule has 5 heteroatoms. The average molecular weight is 490 g/mol. The molecule has 2 aromatic carbocycles. The second-order valence-corrected chi connectivity index (χ2v) is 12.0. The number of hydrogen-bond acceptors (Lipinski definition) is 4. The molecular formula is C31H43N3O2. The van der Waals surface area contributed by atoms with Crippen molar-refractivity contribution in [3.05, 3.63) is 65.2 Å². The van der Waals surface area contributed by atoms with Crippen molar-refractivity contribution in [2.45, 2.75) is 77.4 Å². The highest BCUT2D eigenvalue weighted by molar-refractivity contribution is 5.88. The van der Waals surface area contributed by atoms with Crippen LogP contribution < -0.4 is 4.90 Å².